The van der Waals surface area contributed by atoms with E-state index in [2.05, 4.69) is 10.6 Å². The minimum Gasteiger partial charge on any atom is -0.493 e. The fraction of sp³-hybridized carbons (Fsp3) is 0.200. The van der Waals surface area contributed by atoms with E-state index in [1.807, 2.05) is 50.2 Å². The van der Waals surface area contributed by atoms with Gasteiger partial charge in [-0.3, -0.25) is 9.59 Å². The standard InChI is InChI=1S/C25H26N2O4/c1-17-8-11-19(12-9-17)15-26-25(29)20-6-4-5-7-21(20)27-24(28)16-31-22-13-10-18(2)14-23(22)30-3/h4-14H,15-16H2,1-3H3,(H,26,29)(H,27,28). The lowest BCUT2D eigenvalue weighted by Crippen LogP contribution is -2.26. The predicted octanol–water partition coefficient (Wildman–Crippen LogP) is 4.26. The van der Waals surface area contributed by atoms with Gasteiger partial charge >= 0.3 is 0 Å². The highest BCUT2D eigenvalue weighted by Crippen LogP contribution is 2.27. The summed E-state index contributed by atoms with van der Waals surface area (Å²) < 4.78 is 10.9. The van der Waals surface area contributed by atoms with Gasteiger partial charge < -0.3 is 20.1 Å². The van der Waals surface area contributed by atoms with Gasteiger partial charge in [-0.1, -0.05) is 48.0 Å². The van der Waals surface area contributed by atoms with Gasteiger partial charge in [0.25, 0.3) is 11.8 Å². The zero-order valence-corrected chi connectivity index (χ0v) is 17.9. The highest BCUT2D eigenvalue weighted by Gasteiger charge is 2.14. The number of aryl methyl sites for hydroxylation is 2. The summed E-state index contributed by atoms with van der Waals surface area (Å²) in [6, 6.07) is 20.3. The van der Waals surface area contributed by atoms with Gasteiger partial charge in [-0.15, -0.1) is 0 Å². The van der Waals surface area contributed by atoms with Crippen molar-refractivity contribution in [2.75, 3.05) is 19.0 Å². The van der Waals surface area contributed by atoms with Gasteiger partial charge in [0.05, 0.1) is 18.4 Å². The molecule has 3 aromatic rings. The van der Waals surface area contributed by atoms with Crippen LogP contribution in [0, 0.1) is 13.8 Å². The smallest absolute Gasteiger partial charge is 0.262 e. The zero-order chi connectivity index (χ0) is 22.2. The van der Waals surface area contributed by atoms with E-state index in [0.717, 1.165) is 16.7 Å². The molecule has 3 rings (SSSR count). The molecular weight excluding hydrogens is 392 g/mol. The van der Waals surface area contributed by atoms with E-state index < -0.39 is 0 Å². The zero-order valence-electron chi connectivity index (χ0n) is 17.9. The normalized spacial score (nSPS) is 10.3. The van der Waals surface area contributed by atoms with Crippen LogP contribution in [0.4, 0.5) is 5.69 Å². The predicted molar refractivity (Wildman–Crippen MR) is 121 cm³/mol. The quantitative estimate of drug-likeness (QED) is 0.573. The SMILES string of the molecule is COc1cc(C)ccc1OCC(=O)Nc1ccccc1C(=O)NCc1ccc(C)cc1. The van der Waals surface area contributed by atoms with Crippen LogP contribution >= 0.6 is 0 Å². The van der Waals surface area contributed by atoms with Gasteiger partial charge in [0.2, 0.25) is 0 Å². The molecule has 0 aliphatic heterocycles. The molecule has 0 unspecified atom stereocenters. The Morgan fingerprint density at radius 3 is 2.32 bits per heavy atom. The van der Waals surface area contributed by atoms with Crippen LogP contribution in [0.2, 0.25) is 0 Å². The van der Waals surface area contributed by atoms with E-state index in [0.29, 0.717) is 29.3 Å². The minimum atomic E-state index is -0.374. The molecule has 0 spiro atoms. The summed E-state index contributed by atoms with van der Waals surface area (Å²) in [7, 11) is 1.55. The second-order valence-electron chi connectivity index (χ2n) is 7.21. The van der Waals surface area contributed by atoms with Crippen LogP contribution in [0.5, 0.6) is 11.5 Å². The van der Waals surface area contributed by atoms with Crippen LogP contribution in [-0.4, -0.2) is 25.5 Å². The lowest BCUT2D eigenvalue weighted by atomic mass is 10.1. The highest BCUT2D eigenvalue weighted by atomic mass is 16.5. The van der Waals surface area contributed by atoms with Crippen molar-refractivity contribution >= 4 is 17.5 Å². The van der Waals surface area contributed by atoms with Crippen LogP contribution in [-0.2, 0) is 11.3 Å². The first-order valence-corrected chi connectivity index (χ1v) is 9.96. The van der Waals surface area contributed by atoms with Crippen molar-refractivity contribution in [2.45, 2.75) is 20.4 Å². The minimum absolute atomic E-state index is 0.210. The Labute approximate surface area is 182 Å². The van der Waals surface area contributed by atoms with Gasteiger partial charge in [-0.05, 0) is 49.2 Å². The number of rotatable bonds is 8. The Balaban J connectivity index is 1.61. The maximum Gasteiger partial charge on any atom is 0.262 e. The number of hydrogen-bond donors (Lipinski definition) is 2. The number of carbonyl (C=O) groups excluding carboxylic acids is 2. The molecule has 0 heterocycles. The van der Waals surface area contributed by atoms with Crippen molar-refractivity contribution in [3.63, 3.8) is 0 Å². The Morgan fingerprint density at radius 1 is 0.871 bits per heavy atom. The van der Waals surface area contributed by atoms with Crippen molar-refractivity contribution in [3.8, 4) is 11.5 Å². The molecule has 3 aromatic carbocycles. The lowest BCUT2D eigenvalue weighted by molar-refractivity contribution is -0.118. The van der Waals surface area contributed by atoms with Crippen LogP contribution in [0.3, 0.4) is 0 Å². The fourth-order valence-electron chi connectivity index (χ4n) is 3.00. The Kier molecular flexibility index (Phi) is 7.27. The lowest BCUT2D eigenvalue weighted by Gasteiger charge is -2.13. The molecule has 0 aliphatic rings. The van der Waals surface area contributed by atoms with E-state index in [-0.39, 0.29) is 18.4 Å². The largest absolute Gasteiger partial charge is 0.493 e. The molecular formula is C25H26N2O4. The first-order valence-electron chi connectivity index (χ1n) is 9.96. The number of anilines is 1. The van der Waals surface area contributed by atoms with Crippen LogP contribution < -0.4 is 20.1 Å². The number of carbonyl (C=O) groups is 2. The maximum atomic E-state index is 12.7. The fourth-order valence-corrected chi connectivity index (χ4v) is 3.00. The molecule has 0 saturated heterocycles. The molecule has 0 atom stereocenters. The van der Waals surface area contributed by atoms with Crippen molar-refractivity contribution in [1.82, 2.24) is 5.32 Å². The molecule has 2 N–H and O–H groups in total. The van der Waals surface area contributed by atoms with Crippen molar-refractivity contribution in [2.24, 2.45) is 0 Å². The average Bonchev–Trinajstić information content (AvgIpc) is 2.78. The summed E-state index contributed by atoms with van der Waals surface area (Å²) in [6.45, 7) is 4.15. The first kappa shape index (κ1) is 21.9. The molecule has 2 amide bonds. The van der Waals surface area contributed by atoms with E-state index in [9.17, 15) is 9.59 Å². The number of nitrogens with one attached hydrogen (secondary N) is 2. The van der Waals surface area contributed by atoms with E-state index >= 15 is 0 Å². The topological polar surface area (TPSA) is 76.7 Å². The van der Waals surface area contributed by atoms with Crippen LogP contribution in [0.25, 0.3) is 0 Å². The van der Waals surface area contributed by atoms with Gasteiger partial charge in [-0.2, -0.15) is 0 Å². The monoisotopic (exact) mass is 418 g/mol. The van der Waals surface area contributed by atoms with Crippen molar-refractivity contribution < 1.29 is 19.1 Å². The summed E-state index contributed by atoms with van der Waals surface area (Å²) in [5.74, 6) is 0.398. The summed E-state index contributed by atoms with van der Waals surface area (Å²) in [4.78, 5) is 25.1. The van der Waals surface area contributed by atoms with Crippen LogP contribution in [0.15, 0.2) is 66.7 Å². The third kappa shape index (κ3) is 6.09. The van der Waals surface area contributed by atoms with Crippen LogP contribution in [0.1, 0.15) is 27.0 Å². The Morgan fingerprint density at radius 2 is 1.58 bits per heavy atom. The molecule has 0 aliphatic carbocycles. The molecule has 0 aromatic heterocycles. The number of methoxy groups -OCH3 is 1. The van der Waals surface area contributed by atoms with Gasteiger partial charge in [0, 0.05) is 6.54 Å². The summed E-state index contributed by atoms with van der Waals surface area (Å²) in [6.07, 6.45) is 0. The summed E-state index contributed by atoms with van der Waals surface area (Å²) >= 11 is 0. The number of benzene rings is 3. The molecule has 31 heavy (non-hydrogen) atoms. The third-order valence-electron chi connectivity index (χ3n) is 4.70. The van der Waals surface area contributed by atoms with E-state index in [1.54, 1.807) is 37.4 Å². The Hall–Kier alpha value is -3.80. The molecule has 0 fully saturated rings. The molecule has 6 heteroatoms. The van der Waals surface area contributed by atoms with E-state index in [4.69, 9.17) is 9.47 Å². The van der Waals surface area contributed by atoms with Crippen molar-refractivity contribution in [1.29, 1.82) is 0 Å². The highest BCUT2D eigenvalue weighted by molar-refractivity contribution is 6.04. The number of hydrogen-bond acceptors (Lipinski definition) is 4. The van der Waals surface area contributed by atoms with E-state index in [1.165, 1.54) is 0 Å². The molecule has 6 nitrogen and oxygen atoms in total. The maximum absolute atomic E-state index is 12.7. The molecule has 0 bridgehead atoms. The number of para-hydroxylation sites is 1. The van der Waals surface area contributed by atoms with Gasteiger partial charge in [0.15, 0.2) is 18.1 Å². The summed E-state index contributed by atoms with van der Waals surface area (Å²) in [5.41, 5.74) is 4.00. The second-order valence-corrected chi connectivity index (χ2v) is 7.21. The Bertz CT molecular complexity index is 1060. The second kappa shape index (κ2) is 10.3. The molecule has 160 valence electrons. The number of amides is 2. The summed E-state index contributed by atoms with van der Waals surface area (Å²) in [5, 5.41) is 5.64. The molecule has 0 radical (unpaired) electrons. The first-order chi connectivity index (χ1) is 15.0. The van der Waals surface area contributed by atoms with Crippen molar-refractivity contribution in [3.05, 3.63) is 89.0 Å². The van der Waals surface area contributed by atoms with Gasteiger partial charge in [-0.25, -0.2) is 0 Å². The average molecular weight is 418 g/mol. The third-order valence-corrected chi connectivity index (χ3v) is 4.70. The van der Waals surface area contributed by atoms with Gasteiger partial charge in [0.1, 0.15) is 0 Å². The number of ether oxygens (including phenoxy) is 2. The molecule has 0 saturated carbocycles.